The fourth-order valence-corrected chi connectivity index (χ4v) is 2.44. The van der Waals surface area contributed by atoms with Crippen molar-refractivity contribution in [2.45, 2.75) is 33.2 Å². The second-order valence-corrected chi connectivity index (χ2v) is 6.11. The molecule has 2 rings (SSSR count). The smallest absolute Gasteiger partial charge is 0.191 e. The zero-order valence-corrected chi connectivity index (χ0v) is 15.5. The highest BCUT2D eigenvalue weighted by Crippen LogP contribution is 2.06. The molecule has 6 nitrogen and oxygen atoms in total. The van der Waals surface area contributed by atoms with Gasteiger partial charge in [-0.15, -0.1) is 10.2 Å². The number of halogens is 1. The summed E-state index contributed by atoms with van der Waals surface area (Å²) in [4.78, 5) is 4.50. The highest BCUT2D eigenvalue weighted by atomic mass is 19.1. The van der Waals surface area contributed by atoms with E-state index in [9.17, 15) is 4.39 Å². The molecule has 0 saturated heterocycles. The molecule has 0 radical (unpaired) electrons. The molecule has 1 aromatic carbocycles. The summed E-state index contributed by atoms with van der Waals surface area (Å²) in [5.41, 5.74) is 1.67. The van der Waals surface area contributed by atoms with Crippen molar-refractivity contribution in [2.75, 3.05) is 19.6 Å². The predicted octanol–water partition coefficient (Wildman–Crippen LogP) is 2.33. The Hall–Kier alpha value is -2.70. The van der Waals surface area contributed by atoms with Crippen molar-refractivity contribution >= 4 is 5.96 Å². The van der Waals surface area contributed by atoms with E-state index < -0.39 is 0 Å². The molecule has 2 aromatic rings. The maximum absolute atomic E-state index is 13.7. The van der Waals surface area contributed by atoms with Crippen LogP contribution < -0.4 is 10.6 Å². The third-order valence-corrected chi connectivity index (χ3v) is 3.81. The molecule has 0 unspecified atom stereocenters. The molecule has 0 atom stereocenters. The maximum atomic E-state index is 13.7. The molecule has 1 aromatic heterocycles. The number of benzene rings is 1. The number of aromatic nitrogens is 3. The summed E-state index contributed by atoms with van der Waals surface area (Å²) < 4.78 is 15.7. The van der Waals surface area contributed by atoms with Gasteiger partial charge in [-0.2, -0.15) is 0 Å². The van der Waals surface area contributed by atoms with Crippen LogP contribution in [0.15, 0.2) is 47.7 Å². The van der Waals surface area contributed by atoms with Gasteiger partial charge in [-0.05, 0) is 25.0 Å². The fraction of sp³-hybridized carbons (Fsp3) is 0.421. The van der Waals surface area contributed by atoms with Crippen LogP contribution in [0, 0.1) is 5.82 Å². The molecular weight excluding hydrogens is 331 g/mol. The molecule has 7 heteroatoms. The second-order valence-electron chi connectivity index (χ2n) is 6.11. The molecule has 0 aliphatic heterocycles. The maximum Gasteiger partial charge on any atom is 0.191 e. The van der Waals surface area contributed by atoms with E-state index in [1.807, 2.05) is 17.6 Å². The highest BCUT2D eigenvalue weighted by molar-refractivity contribution is 5.79. The standard InChI is InChI=1S/C19H27FN6/c1-4-18-25-24-14-26(18)12-11-22-19(23-13-15(2)3)21-10-9-16-7-5-6-8-17(16)20/h5-8,14H,2,4,9-13H2,1,3H3,(H2,21,22,23). The number of hydrogen-bond donors (Lipinski definition) is 2. The highest BCUT2D eigenvalue weighted by Gasteiger charge is 2.04. The minimum Gasteiger partial charge on any atom is -0.356 e. The molecular formula is C19H27FN6. The lowest BCUT2D eigenvalue weighted by molar-refractivity contribution is 0.605. The van der Waals surface area contributed by atoms with Crippen molar-refractivity contribution in [2.24, 2.45) is 4.99 Å². The summed E-state index contributed by atoms with van der Waals surface area (Å²) in [5.74, 6) is 1.47. The molecule has 0 amide bonds. The summed E-state index contributed by atoms with van der Waals surface area (Å²) in [6.45, 7) is 10.4. The Morgan fingerprint density at radius 1 is 1.27 bits per heavy atom. The number of nitrogens with zero attached hydrogens (tertiary/aromatic N) is 4. The molecule has 140 valence electrons. The van der Waals surface area contributed by atoms with Crippen LogP contribution in [0.3, 0.4) is 0 Å². The van der Waals surface area contributed by atoms with Crippen molar-refractivity contribution < 1.29 is 4.39 Å². The minimum atomic E-state index is -0.178. The van der Waals surface area contributed by atoms with Gasteiger partial charge in [0.2, 0.25) is 0 Å². The molecule has 26 heavy (non-hydrogen) atoms. The molecule has 1 heterocycles. The summed E-state index contributed by atoms with van der Waals surface area (Å²) in [6.07, 6.45) is 3.17. The predicted molar refractivity (Wildman–Crippen MR) is 103 cm³/mol. The zero-order valence-electron chi connectivity index (χ0n) is 15.5. The quantitative estimate of drug-likeness (QED) is 0.410. The Labute approximate surface area is 154 Å². The molecule has 2 N–H and O–H groups in total. The lowest BCUT2D eigenvalue weighted by Crippen LogP contribution is -2.40. The van der Waals surface area contributed by atoms with Crippen molar-refractivity contribution in [1.82, 2.24) is 25.4 Å². The largest absolute Gasteiger partial charge is 0.356 e. The number of hydrogen-bond acceptors (Lipinski definition) is 3. The van der Waals surface area contributed by atoms with Crippen LogP contribution in [0.4, 0.5) is 4.39 Å². The van der Waals surface area contributed by atoms with Crippen LogP contribution >= 0.6 is 0 Å². The summed E-state index contributed by atoms with van der Waals surface area (Å²) >= 11 is 0. The van der Waals surface area contributed by atoms with Crippen molar-refractivity contribution in [3.8, 4) is 0 Å². The molecule has 0 aliphatic rings. The third-order valence-electron chi connectivity index (χ3n) is 3.81. The van der Waals surface area contributed by atoms with Gasteiger partial charge in [0.15, 0.2) is 5.96 Å². The molecule has 0 aliphatic carbocycles. The summed E-state index contributed by atoms with van der Waals surface area (Å²) in [5, 5.41) is 14.6. The number of rotatable bonds is 9. The fourth-order valence-electron chi connectivity index (χ4n) is 2.44. The first-order valence-corrected chi connectivity index (χ1v) is 8.86. The monoisotopic (exact) mass is 358 g/mol. The van der Waals surface area contributed by atoms with Crippen LogP contribution in [0.2, 0.25) is 0 Å². The third kappa shape index (κ3) is 6.31. The van der Waals surface area contributed by atoms with Gasteiger partial charge in [0.1, 0.15) is 18.0 Å². The van der Waals surface area contributed by atoms with E-state index in [0.717, 1.165) is 24.4 Å². The molecule has 0 saturated carbocycles. The van der Waals surface area contributed by atoms with Crippen LogP contribution in [0.5, 0.6) is 0 Å². The van der Waals surface area contributed by atoms with Crippen LogP contribution in [-0.2, 0) is 19.4 Å². The van der Waals surface area contributed by atoms with Gasteiger partial charge < -0.3 is 15.2 Å². The summed E-state index contributed by atoms with van der Waals surface area (Å²) in [7, 11) is 0. The molecule has 0 fully saturated rings. The Morgan fingerprint density at radius 3 is 2.77 bits per heavy atom. The van der Waals surface area contributed by atoms with E-state index in [1.54, 1.807) is 18.5 Å². The van der Waals surface area contributed by atoms with Gasteiger partial charge in [0.25, 0.3) is 0 Å². The first kappa shape index (κ1) is 19.6. The number of nitrogens with one attached hydrogen (secondary N) is 2. The molecule has 0 spiro atoms. The average molecular weight is 358 g/mol. The van der Waals surface area contributed by atoms with Crippen LogP contribution in [0.25, 0.3) is 0 Å². The van der Waals surface area contributed by atoms with Crippen LogP contribution in [-0.4, -0.2) is 40.4 Å². The van der Waals surface area contributed by atoms with Gasteiger partial charge >= 0.3 is 0 Å². The van der Waals surface area contributed by atoms with E-state index >= 15 is 0 Å². The normalized spacial score (nSPS) is 11.4. The Bertz CT molecular complexity index is 737. The molecule has 0 bridgehead atoms. The van der Waals surface area contributed by atoms with Gasteiger partial charge in [0.05, 0.1) is 6.54 Å². The minimum absolute atomic E-state index is 0.178. The van der Waals surface area contributed by atoms with Crippen molar-refractivity contribution in [1.29, 1.82) is 0 Å². The number of guanidine groups is 1. The van der Waals surface area contributed by atoms with Crippen molar-refractivity contribution in [3.05, 3.63) is 59.9 Å². The van der Waals surface area contributed by atoms with E-state index in [4.69, 9.17) is 0 Å². The topological polar surface area (TPSA) is 67.1 Å². The lowest BCUT2D eigenvalue weighted by Gasteiger charge is -2.14. The van der Waals surface area contributed by atoms with E-state index in [2.05, 4.69) is 39.3 Å². The van der Waals surface area contributed by atoms with E-state index in [-0.39, 0.29) is 5.82 Å². The Morgan fingerprint density at radius 2 is 2.04 bits per heavy atom. The number of aryl methyl sites for hydroxylation is 1. The lowest BCUT2D eigenvalue weighted by atomic mass is 10.1. The van der Waals surface area contributed by atoms with Crippen LogP contribution in [0.1, 0.15) is 25.2 Å². The Kier molecular flexibility index (Phi) is 7.79. The van der Waals surface area contributed by atoms with E-state index in [1.165, 1.54) is 6.07 Å². The zero-order chi connectivity index (χ0) is 18.8. The summed E-state index contributed by atoms with van der Waals surface area (Å²) in [6, 6.07) is 6.82. The van der Waals surface area contributed by atoms with Gasteiger partial charge in [-0.1, -0.05) is 37.3 Å². The Balaban J connectivity index is 1.86. The van der Waals surface area contributed by atoms with E-state index in [0.29, 0.717) is 37.6 Å². The SMILES string of the molecule is C=C(C)CN=C(NCCc1ccccc1F)NCCn1cnnc1CC. The second kappa shape index (κ2) is 10.3. The first-order valence-electron chi connectivity index (χ1n) is 8.86. The average Bonchev–Trinajstić information content (AvgIpc) is 3.08. The first-order chi connectivity index (χ1) is 12.6. The number of aliphatic imine (C=N–C) groups is 1. The van der Waals surface area contributed by atoms with Gasteiger partial charge in [-0.3, -0.25) is 0 Å². The van der Waals surface area contributed by atoms with Crippen molar-refractivity contribution in [3.63, 3.8) is 0 Å². The van der Waals surface area contributed by atoms with Gasteiger partial charge in [0, 0.05) is 26.1 Å². The van der Waals surface area contributed by atoms with Gasteiger partial charge in [-0.25, -0.2) is 9.38 Å².